The molecule has 0 bridgehead atoms. The summed E-state index contributed by atoms with van der Waals surface area (Å²) in [7, 11) is 4.04. The number of anilines is 1. The molecule has 0 aliphatic rings. The normalized spacial score (nSPS) is 11.7. The Labute approximate surface area is 173 Å². The van der Waals surface area contributed by atoms with Gasteiger partial charge in [0.1, 0.15) is 0 Å². The second kappa shape index (κ2) is 10.5. The van der Waals surface area contributed by atoms with Crippen molar-refractivity contribution in [1.82, 2.24) is 20.1 Å². The van der Waals surface area contributed by atoms with E-state index in [4.69, 9.17) is 0 Å². The van der Waals surface area contributed by atoms with Crippen LogP contribution in [0.4, 0.5) is 5.69 Å². The first kappa shape index (κ1) is 20.7. The second-order valence-electron chi connectivity index (χ2n) is 7.09. The van der Waals surface area contributed by atoms with Crippen molar-refractivity contribution < 1.29 is 0 Å². The Balaban J connectivity index is 1.59. The maximum absolute atomic E-state index is 4.37. The van der Waals surface area contributed by atoms with E-state index < -0.39 is 0 Å². The van der Waals surface area contributed by atoms with Gasteiger partial charge in [-0.2, -0.15) is 5.10 Å². The molecule has 29 heavy (non-hydrogen) atoms. The van der Waals surface area contributed by atoms with Gasteiger partial charge in [-0.25, -0.2) is 0 Å². The summed E-state index contributed by atoms with van der Waals surface area (Å²) in [5.74, 6) is 0. The van der Waals surface area contributed by atoms with Gasteiger partial charge in [0.25, 0.3) is 0 Å². The molecule has 0 radical (unpaired) electrons. The first-order valence-electron chi connectivity index (χ1n) is 10.2. The fraction of sp³-hybridized carbons (Fsp3) is 0.292. The Bertz CT molecular complexity index is 930. The zero-order valence-corrected chi connectivity index (χ0v) is 17.6. The van der Waals surface area contributed by atoms with Gasteiger partial charge in [0.05, 0.1) is 11.4 Å². The third kappa shape index (κ3) is 5.96. The molecule has 5 nitrogen and oxygen atoms in total. The average molecular weight is 390 g/mol. The summed E-state index contributed by atoms with van der Waals surface area (Å²) in [5, 5.41) is 10.7. The van der Waals surface area contributed by atoms with Gasteiger partial charge in [-0.3, -0.25) is 5.10 Å². The van der Waals surface area contributed by atoms with Crippen LogP contribution < -0.4 is 10.2 Å². The number of aryl methyl sites for hydroxylation is 1. The number of aromatic amines is 1. The van der Waals surface area contributed by atoms with Crippen molar-refractivity contribution in [2.24, 2.45) is 7.05 Å². The largest absolute Gasteiger partial charge is 0.372 e. The van der Waals surface area contributed by atoms with Crippen LogP contribution in [0.1, 0.15) is 36.0 Å². The summed E-state index contributed by atoms with van der Waals surface area (Å²) in [6, 6.07) is 14.9. The molecule has 1 aromatic carbocycles. The summed E-state index contributed by atoms with van der Waals surface area (Å²) < 4.78 is 2.08. The standard InChI is InChI=1S/C24H31N5/c1-4-29(18-6-16-25-2)24-13-9-20(10-14-24)8-11-21-19-22(27-26-21)12-15-23-7-5-17-28(23)3/h5,7-15,17,19,25H,4,6,16,18H2,1-3H3,(H,26,27)/b11-8+,15-12+. The van der Waals surface area contributed by atoms with Crippen molar-refractivity contribution in [2.75, 3.05) is 31.6 Å². The molecule has 0 amide bonds. The van der Waals surface area contributed by atoms with E-state index in [1.54, 1.807) is 0 Å². The highest BCUT2D eigenvalue weighted by atomic mass is 15.1. The number of hydrogen-bond donors (Lipinski definition) is 2. The molecular weight excluding hydrogens is 358 g/mol. The molecule has 0 unspecified atom stereocenters. The number of nitrogens with one attached hydrogen (secondary N) is 2. The monoisotopic (exact) mass is 389 g/mol. The van der Waals surface area contributed by atoms with Crippen molar-refractivity contribution in [3.63, 3.8) is 0 Å². The van der Waals surface area contributed by atoms with Crippen LogP contribution in [-0.4, -0.2) is 41.4 Å². The van der Waals surface area contributed by atoms with Crippen LogP contribution in [0.25, 0.3) is 24.3 Å². The van der Waals surface area contributed by atoms with E-state index in [9.17, 15) is 0 Å². The van der Waals surface area contributed by atoms with Crippen LogP contribution in [0.2, 0.25) is 0 Å². The van der Waals surface area contributed by atoms with Crippen LogP contribution in [0.3, 0.4) is 0 Å². The molecular formula is C24H31N5. The maximum atomic E-state index is 4.37. The van der Waals surface area contributed by atoms with E-state index in [0.29, 0.717) is 0 Å². The molecule has 2 aromatic heterocycles. The smallest absolute Gasteiger partial charge is 0.0854 e. The molecule has 0 aliphatic carbocycles. The number of benzene rings is 1. The van der Waals surface area contributed by atoms with Crippen molar-refractivity contribution in [3.8, 4) is 0 Å². The highest BCUT2D eigenvalue weighted by Crippen LogP contribution is 2.17. The first-order chi connectivity index (χ1) is 14.2. The number of aromatic nitrogens is 3. The molecule has 0 saturated heterocycles. The Hall–Kier alpha value is -3.05. The zero-order valence-electron chi connectivity index (χ0n) is 17.6. The lowest BCUT2D eigenvalue weighted by Crippen LogP contribution is -2.26. The number of rotatable bonds is 10. The topological polar surface area (TPSA) is 48.9 Å². The summed E-state index contributed by atoms with van der Waals surface area (Å²) in [6.45, 7) is 5.34. The molecule has 152 valence electrons. The van der Waals surface area contributed by atoms with Crippen molar-refractivity contribution in [1.29, 1.82) is 0 Å². The molecule has 0 aliphatic heterocycles. The molecule has 0 saturated carbocycles. The van der Waals surface area contributed by atoms with Crippen LogP contribution in [0.5, 0.6) is 0 Å². The number of nitrogens with zero attached hydrogens (tertiary/aromatic N) is 3. The molecule has 0 fully saturated rings. The van der Waals surface area contributed by atoms with Gasteiger partial charge in [0.15, 0.2) is 0 Å². The Morgan fingerprint density at radius 2 is 1.93 bits per heavy atom. The minimum Gasteiger partial charge on any atom is -0.372 e. The third-order valence-electron chi connectivity index (χ3n) is 4.98. The van der Waals surface area contributed by atoms with E-state index in [-0.39, 0.29) is 0 Å². The quantitative estimate of drug-likeness (QED) is 0.501. The summed E-state index contributed by atoms with van der Waals surface area (Å²) in [6.07, 6.45) is 11.4. The number of H-pyrrole nitrogens is 1. The lowest BCUT2D eigenvalue weighted by atomic mass is 10.1. The van der Waals surface area contributed by atoms with E-state index >= 15 is 0 Å². The fourth-order valence-corrected chi connectivity index (χ4v) is 3.24. The SMILES string of the molecule is CCN(CCCNC)c1ccc(/C=C/c2cc(/C=C/c3cccn3C)[nH]n2)cc1. The van der Waals surface area contributed by atoms with Gasteiger partial charge < -0.3 is 14.8 Å². The molecule has 3 rings (SSSR count). The fourth-order valence-electron chi connectivity index (χ4n) is 3.24. The van der Waals surface area contributed by atoms with Crippen LogP contribution in [0, 0.1) is 0 Å². The lowest BCUT2D eigenvalue weighted by Gasteiger charge is -2.23. The highest BCUT2D eigenvalue weighted by Gasteiger charge is 2.03. The van der Waals surface area contributed by atoms with Crippen molar-refractivity contribution in [2.45, 2.75) is 13.3 Å². The predicted octanol–water partition coefficient (Wildman–Crippen LogP) is 4.52. The van der Waals surface area contributed by atoms with E-state index in [0.717, 1.165) is 43.1 Å². The Kier molecular flexibility index (Phi) is 7.47. The summed E-state index contributed by atoms with van der Waals surface area (Å²) >= 11 is 0. The minimum absolute atomic E-state index is 0.919. The zero-order chi connectivity index (χ0) is 20.5. The van der Waals surface area contributed by atoms with Gasteiger partial charge in [-0.15, -0.1) is 0 Å². The predicted molar refractivity (Wildman–Crippen MR) is 125 cm³/mol. The third-order valence-corrected chi connectivity index (χ3v) is 4.98. The van der Waals surface area contributed by atoms with Gasteiger partial charge >= 0.3 is 0 Å². The molecule has 3 aromatic rings. The summed E-state index contributed by atoms with van der Waals surface area (Å²) in [5.41, 5.74) is 5.51. The Morgan fingerprint density at radius 3 is 2.62 bits per heavy atom. The second-order valence-corrected chi connectivity index (χ2v) is 7.09. The van der Waals surface area contributed by atoms with Gasteiger partial charge in [0.2, 0.25) is 0 Å². The van der Waals surface area contributed by atoms with Crippen molar-refractivity contribution >= 4 is 30.0 Å². The minimum atomic E-state index is 0.919. The summed E-state index contributed by atoms with van der Waals surface area (Å²) in [4.78, 5) is 2.41. The molecule has 5 heteroatoms. The van der Waals surface area contributed by atoms with Crippen LogP contribution in [-0.2, 0) is 7.05 Å². The first-order valence-corrected chi connectivity index (χ1v) is 10.2. The molecule has 2 N–H and O–H groups in total. The van der Waals surface area contributed by atoms with Crippen molar-refractivity contribution in [3.05, 3.63) is 71.3 Å². The van der Waals surface area contributed by atoms with Crippen LogP contribution in [0.15, 0.2) is 48.7 Å². The van der Waals surface area contributed by atoms with E-state index in [2.05, 4.69) is 74.4 Å². The lowest BCUT2D eigenvalue weighted by molar-refractivity contribution is 0.693. The number of hydrogen-bond acceptors (Lipinski definition) is 3. The molecule has 0 spiro atoms. The van der Waals surface area contributed by atoms with E-state index in [1.165, 1.54) is 11.3 Å². The highest BCUT2D eigenvalue weighted by molar-refractivity contribution is 5.72. The molecule has 0 atom stereocenters. The molecule has 2 heterocycles. The maximum Gasteiger partial charge on any atom is 0.0854 e. The van der Waals surface area contributed by atoms with Gasteiger partial charge in [-0.1, -0.05) is 18.2 Å². The van der Waals surface area contributed by atoms with E-state index in [1.807, 2.05) is 44.6 Å². The van der Waals surface area contributed by atoms with Gasteiger partial charge in [-0.05, 0) is 81.1 Å². The average Bonchev–Trinajstić information content (AvgIpc) is 3.37. The van der Waals surface area contributed by atoms with Gasteiger partial charge in [0, 0.05) is 37.7 Å². The van der Waals surface area contributed by atoms with Crippen LogP contribution >= 0.6 is 0 Å². The Morgan fingerprint density at radius 1 is 1.10 bits per heavy atom.